The molecule has 0 aliphatic carbocycles. The molecule has 0 aliphatic heterocycles. The number of nitrogens with two attached hydrogens (primary N) is 1. The maximum Gasteiger partial charge on any atom is 0.336 e. The van der Waals surface area contributed by atoms with Crippen LogP contribution in [-0.2, 0) is 11.3 Å². The Bertz CT molecular complexity index is 403. The monoisotopic (exact) mass is 210 g/mol. The summed E-state index contributed by atoms with van der Waals surface area (Å²) >= 11 is 0. The van der Waals surface area contributed by atoms with Gasteiger partial charge in [-0.15, -0.1) is 10.1 Å². The maximum absolute atomic E-state index is 11.2. The largest absolute Gasteiger partial charge is 0.398 e. The summed E-state index contributed by atoms with van der Waals surface area (Å²) in [5.74, 6) is -1.05. The van der Waals surface area contributed by atoms with Crippen molar-refractivity contribution in [3.8, 4) is 0 Å². The first-order chi connectivity index (χ1) is 7.06. The molecular formula is C9H10N2O4. The van der Waals surface area contributed by atoms with Crippen molar-refractivity contribution in [3.63, 3.8) is 0 Å². The van der Waals surface area contributed by atoms with Crippen molar-refractivity contribution in [2.45, 2.75) is 13.3 Å². The van der Waals surface area contributed by atoms with Gasteiger partial charge in [0.2, 0.25) is 0 Å². The molecule has 0 saturated carbocycles. The van der Waals surface area contributed by atoms with E-state index in [0.29, 0.717) is 6.42 Å². The number of rotatable bonds is 3. The molecule has 0 aliphatic rings. The third-order valence-electron chi connectivity index (χ3n) is 1.95. The van der Waals surface area contributed by atoms with E-state index < -0.39 is 11.1 Å². The van der Waals surface area contributed by atoms with E-state index in [1.807, 2.05) is 6.92 Å². The second-order valence-corrected chi connectivity index (χ2v) is 2.83. The number of carbonyl (C=O) groups is 1. The highest BCUT2D eigenvalue weighted by Crippen LogP contribution is 2.18. The minimum atomic E-state index is -1.15. The zero-order chi connectivity index (χ0) is 11.4. The molecule has 0 amide bonds. The van der Waals surface area contributed by atoms with E-state index in [2.05, 4.69) is 4.84 Å². The lowest BCUT2D eigenvalue weighted by Gasteiger charge is -2.06. The molecule has 0 fully saturated rings. The molecule has 2 N–H and O–H groups in total. The van der Waals surface area contributed by atoms with Crippen LogP contribution < -0.4 is 5.73 Å². The zero-order valence-electron chi connectivity index (χ0n) is 8.10. The van der Waals surface area contributed by atoms with Crippen LogP contribution in [0, 0.1) is 10.1 Å². The Labute approximate surface area is 85.7 Å². The lowest BCUT2D eigenvalue weighted by atomic mass is 10.1. The van der Waals surface area contributed by atoms with Gasteiger partial charge in [0.25, 0.3) is 0 Å². The average Bonchev–Trinajstić information content (AvgIpc) is 2.17. The molecule has 0 atom stereocenters. The summed E-state index contributed by atoms with van der Waals surface area (Å²) in [5.41, 5.74) is 6.65. The second-order valence-electron chi connectivity index (χ2n) is 2.83. The average molecular weight is 210 g/mol. The van der Waals surface area contributed by atoms with Crippen LogP contribution in [0.1, 0.15) is 22.8 Å². The van der Waals surface area contributed by atoms with E-state index in [-0.39, 0.29) is 11.3 Å². The van der Waals surface area contributed by atoms with Gasteiger partial charge >= 0.3 is 11.1 Å². The van der Waals surface area contributed by atoms with Gasteiger partial charge in [0.05, 0.1) is 5.56 Å². The lowest BCUT2D eigenvalue weighted by molar-refractivity contribution is -0.727. The Morgan fingerprint density at radius 2 is 2.27 bits per heavy atom. The molecule has 15 heavy (non-hydrogen) atoms. The number of hydrogen-bond acceptors (Lipinski definition) is 5. The Morgan fingerprint density at radius 1 is 1.60 bits per heavy atom. The fourth-order valence-corrected chi connectivity index (χ4v) is 1.22. The summed E-state index contributed by atoms with van der Waals surface area (Å²) in [7, 11) is 0. The van der Waals surface area contributed by atoms with E-state index in [4.69, 9.17) is 5.73 Å². The first-order valence-electron chi connectivity index (χ1n) is 4.30. The molecule has 0 radical (unpaired) electrons. The van der Waals surface area contributed by atoms with Crippen LogP contribution in [0.5, 0.6) is 0 Å². The predicted molar refractivity (Wildman–Crippen MR) is 52.6 cm³/mol. The Kier molecular flexibility index (Phi) is 3.22. The summed E-state index contributed by atoms with van der Waals surface area (Å²) in [6.07, 6.45) is 0.644. The predicted octanol–water partition coefficient (Wildman–Crippen LogP) is 1.18. The number of para-hydroxylation sites is 1. The minimum absolute atomic E-state index is 0.0195. The third kappa shape index (κ3) is 2.43. The quantitative estimate of drug-likeness (QED) is 0.459. The van der Waals surface area contributed by atoms with Crippen molar-refractivity contribution >= 4 is 11.7 Å². The summed E-state index contributed by atoms with van der Waals surface area (Å²) in [6, 6.07) is 4.74. The summed E-state index contributed by atoms with van der Waals surface area (Å²) in [5, 5.41) is 8.82. The summed E-state index contributed by atoms with van der Waals surface area (Å²) < 4.78 is 0. The Balaban J connectivity index is 3.04. The Morgan fingerprint density at radius 3 is 2.80 bits per heavy atom. The Hall–Kier alpha value is -2.11. The van der Waals surface area contributed by atoms with Crippen LogP contribution in [0.3, 0.4) is 0 Å². The minimum Gasteiger partial charge on any atom is -0.398 e. The van der Waals surface area contributed by atoms with E-state index >= 15 is 0 Å². The van der Waals surface area contributed by atoms with Gasteiger partial charge in [-0.3, -0.25) is 4.79 Å². The van der Waals surface area contributed by atoms with Gasteiger partial charge < -0.3 is 5.73 Å². The summed E-state index contributed by atoms with van der Waals surface area (Å²) in [4.78, 5) is 25.0. The highest BCUT2D eigenvalue weighted by molar-refractivity contribution is 5.95. The van der Waals surface area contributed by atoms with E-state index in [1.165, 1.54) is 6.07 Å². The number of carbonyl (C=O) groups excluding carboxylic acids is 1. The fourth-order valence-electron chi connectivity index (χ4n) is 1.22. The molecule has 80 valence electrons. The van der Waals surface area contributed by atoms with Gasteiger partial charge in [-0.2, -0.15) is 0 Å². The third-order valence-corrected chi connectivity index (χ3v) is 1.95. The molecule has 0 saturated heterocycles. The van der Waals surface area contributed by atoms with Gasteiger partial charge in [-0.1, -0.05) is 19.1 Å². The number of anilines is 1. The number of nitrogens with zero attached hydrogens (tertiary/aromatic N) is 1. The normalized spacial score (nSPS) is 9.67. The van der Waals surface area contributed by atoms with Crippen LogP contribution in [0.15, 0.2) is 18.2 Å². The van der Waals surface area contributed by atoms with Gasteiger partial charge in [0, 0.05) is 5.69 Å². The molecule has 0 aromatic heterocycles. The van der Waals surface area contributed by atoms with Gasteiger partial charge in [0.15, 0.2) is 0 Å². The number of nitrogen functional groups attached to an aromatic ring is 1. The van der Waals surface area contributed by atoms with Gasteiger partial charge in [-0.05, 0) is 18.1 Å². The van der Waals surface area contributed by atoms with Crippen LogP contribution in [0.4, 0.5) is 5.69 Å². The van der Waals surface area contributed by atoms with E-state index in [1.54, 1.807) is 12.1 Å². The van der Waals surface area contributed by atoms with Crippen LogP contribution in [0.25, 0.3) is 0 Å². The number of hydrogen-bond donors (Lipinski definition) is 1. The molecule has 1 aromatic rings. The molecule has 0 unspecified atom stereocenters. The summed E-state index contributed by atoms with van der Waals surface area (Å²) in [6.45, 7) is 1.87. The first-order valence-corrected chi connectivity index (χ1v) is 4.30. The molecule has 0 bridgehead atoms. The molecule has 0 spiro atoms. The highest BCUT2D eigenvalue weighted by Gasteiger charge is 2.15. The second kappa shape index (κ2) is 4.41. The molecule has 1 aromatic carbocycles. The molecule has 0 heterocycles. The van der Waals surface area contributed by atoms with Crippen molar-refractivity contribution in [1.29, 1.82) is 0 Å². The first kappa shape index (κ1) is 11.0. The SMILES string of the molecule is CCc1cccc(C(=O)O[N+](=O)[O-])c1N. The van der Waals surface area contributed by atoms with Crippen molar-refractivity contribution in [1.82, 2.24) is 0 Å². The van der Waals surface area contributed by atoms with Gasteiger partial charge in [0.1, 0.15) is 0 Å². The van der Waals surface area contributed by atoms with E-state index in [9.17, 15) is 14.9 Å². The van der Waals surface area contributed by atoms with Crippen molar-refractivity contribution in [3.05, 3.63) is 39.4 Å². The zero-order valence-corrected chi connectivity index (χ0v) is 8.10. The molecule has 6 heteroatoms. The van der Waals surface area contributed by atoms with Crippen LogP contribution >= 0.6 is 0 Å². The molecule has 6 nitrogen and oxygen atoms in total. The van der Waals surface area contributed by atoms with E-state index in [0.717, 1.165) is 5.56 Å². The van der Waals surface area contributed by atoms with Gasteiger partial charge in [-0.25, -0.2) is 4.84 Å². The lowest BCUT2D eigenvalue weighted by Crippen LogP contribution is -2.13. The number of benzene rings is 1. The van der Waals surface area contributed by atoms with Crippen molar-refractivity contribution < 1.29 is 14.7 Å². The van der Waals surface area contributed by atoms with Crippen molar-refractivity contribution in [2.75, 3.05) is 5.73 Å². The topological polar surface area (TPSA) is 95.5 Å². The highest BCUT2D eigenvalue weighted by atomic mass is 17.0. The van der Waals surface area contributed by atoms with Crippen molar-refractivity contribution in [2.24, 2.45) is 0 Å². The maximum atomic E-state index is 11.2. The molecular weight excluding hydrogens is 200 g/mol. The fraction of sp³-hybridized carbons (Fsp3) is 0.222. The number of aryl methyl sites for hydroxylation is 1. The van der Waals surface area contributed by atoms with Crippen LogP contribution in [0.2, 0.25) is 0 Å². The molecule has 1 rings (SSSR count). The van der Waals surface area contributed by atoms with Crippen LogP contribution in [-0.4, -0.2) is 11.1 Å². The smallest absolute Gasteiger partial charge is 0.336 e. The standard InChI is InChI=1S/C9H10N2O4/c1-2-6-4-3-5-7(8(6)10)9(12)15-11(13)14/h3-5H,2,10H2,1H3.